The fourth-order valence-electron chi connectivity index (χ4n) is 2.58. The van der Waals surface area contributed by atoms with E-state index >= 15 is 0 Å². The van der Waals surface area contributed by atoms with Gasteiger partial charge in [-0.2, -0.15) is 0 Å². The number of aromatic amines is 1. The molecule has 7 nitrogen and oxygen atoms in total. The number of carbonyl (C=O) groups excluding carboxylic acids is 1. The Morgan fingerprint density at radius 1 is 1.18 bits per heavy atom. The SMILES string of the molecule is Cc1cc(C(=O)N2CCN(c3cnccn3)CC2)cc(=O)[nH]1. The summed E-state index contributed by atoms with van der Waals surface area (Å²) in [6.07, 6.45) is 5.02. The summed E-state index contributed by atoms with van der Waals surface area (Å²) in [5.74, 6) is 0.717. The highest BCUT2D eigenvalue weighted by molar-refractivity contribution is 5.94. The number of aryl methyl sites for hydroxylation is 1. The number of hydrogen-bond donors (Lipinski definition) is 1. The van der Waals surface area contributed by atoms with Crippen LogP contribution < -0.4 is 10.5 Å². The van der Waals surface area contributed by atoms with Crippen molar-refractivity contribution in [1.29, 1.82) is 0 Å². The van der Waals surface area contributed by atoms with Crippen LogP contribution in [0.25, 0.3) is 0 Å². The van der Waals surface area contributed by atoms with Gasteiger partial charge in [0.2, 0.25) is 5.56 Å². The van der Waals surface area contributed by atoms with Crippen molar-refractivity contribution in [1.82, 2.24) is 19.9 Å². The van der Waals surface area contributed by atoms with E-state index in [4.69, 9.17) is 0 Å². The first-order chi connectivity index (χ1) is 10.6. The van der Waals surface area contributed by atoms with E-state index in [0.29, 0.717) is 37.4 Å². The van der Waals surface area contributed by atoms with Crippen molar-refractivity contribution >= 4 is 11.7 Å². The molecule has 2 aromatic rings. The van der Waals surface area contributed by atoms with Crippen LogP contribution >= 0.6 is 0 Å². The van der Waals surface area contributed by atoms with Crippen molar-refractivity contribution in [2.45, 2.75) is 6.92 Å². The maximum atomic E-state index is 12.5. The Hall–Kier alpha value is -2.70. The van der Waals surface area contributed by atoms with Crippen LogP contribution in [0.5, 0.6) is 0 Å². The number of H-pyrrole nitrogens is 1. The monoisotopic (exact) mass is 299 g/mol. The number of amides is 1. The summed E-state index contributed by atoms with van der Waals surface area (Å²) in [4.78, 5) is 38.8. The molecule has 0 aliphatic carbocycles. The maximum absolute atomic E-state index is 12.5. The highest BCUT2D eigenvalue weighted by Gasteiger charge is 2.23. The molecule has 114 valence electrons. The third kappa shape index (κ3) is 2.98. The number of aromatic nitrogens is 3. The summed E-state index contributed by atoms with van der Waals surface area (Å²) in [6, 6.07) is 3.06. The van der Waals surface area contributed by atoms with Crippen LogP contribution in [0.1, 0.15) is 16.1 Å². The molecule has 1 amide bonds. The molecular formula is C15H17N5O2. The van der Waals surface area contributed by atoms with Crippen molar-refractivity contribution in [3.8, 4) is 0 Å². The van der Waals surface area contributed by atoms with Gasteiger partial charge in [-0.15, -0.1) is 0 Å². The molecule has 0 spiro atoms. The maximum Gasteiger partial charge on any atom is 0.254 e. The van der Waals surface area contributed by atoms with Gasteiger partial charge in [0, 0.05) is 55.9 Å². The minimum atomic E-state index is -0.249. The second-order valence-corrected chi connectivity index (χ2v) is 5.26. The van der Waals surface area contributed by atoms with Gasteiger partial charge in [0.25, 0.3) is 5.91 Å². The Labute approximate surface area is 127 Å². The normalized spacial score (nSPS) is 15.0. The van der Waals surface area contributed by atoms with Gasteiger partial charge in [-0.3, -0.25) is 14.6 Å². The summed E-state index contributed by atoms with van der Waals surface area (Å²) in [5.41, 5.74) is 0.879. The third-order valence-electron chi connectivity index (χ3n) is 3.67. The summed E-state index contributed by atoms with van der Waals surface area (Å²) in [6.45, 7) is 4.37. The Morgan fingerprint density at radius 2 is 1.95 bits per heavy atom. The number of carbonyl (C=O) groups is 1. The van der Waals surface area contributed by atoms with Crippen LogP contribution in [0.15, 0.2) is 35.5 Å². The van der Waals surface area contributed by atoms with Crippen molar-refractivity contribution in [2.75, 3.05) is 31.1 Å². The molecule has 1 aliphatic heterocycles. The first kappa shape index (κ1) is 14.2. The molecule has 22 heavy (non-hydrogen) atoms. The van der Waals surface area contributed by atoms with Gasteiger partial charge in [-0.05, 0) is 13.0 Å². The molecule has 3 heterocycles. The summed E-state index contributed by atoms with van der Waals surface area (Å²) in [7, 11) is 0. The minimum absolute atomic E-state index is 0.104. The van der Waals surface area contributed by atoms with Gasteiger partial charge in [0.05, 0.1) is 6.20 Å². The molecule has 1 fully saturated rings. The van der Waals surface area contributed by atoms with E-state index in [1.165, 1.54) is 6.07 Å². The lowest BCUT2D eigenvalue weighted by Crippen LogP contribution is -2.49. The van der Waals surface area contributed by atoms with Crippen molar-refractivity contribution < 1.29 is 4.79 Å². The summed E-state index contributed by atoms with van der Waals surface area (Å²) in [5, 5.41) is 0. The van der Waals surface area contributed by atoms with Crippen LogP contribution in [0.4, 0.5) is 5.82 Å². The summed E-state index contributed by atoms with van der Waals surface area (Å²) < 4.78 is 0. The van der Waals surface area contributed by atoms with E-state index in [1.807, 2.05) is 0 Å². The number of nitrogens with zero attached hydrogens (tertiary/aromatic N) is 4. The van der Waals surface area contributed by atoms with E-state index in [0.717, 1.165) is 5.82 Å². The number of piperazine rings is 1. The lowest BCUT2D eigenvalue weighted by atomic mass is 10.2. The predicted molar refractivity (Wildman–Crippen MR) is 81.9 cm³/mol. The fraction of sp³-hybridized carbons (Fsp3) is 0.333. The van der Waals surface area contributed by atoms with Crippen LogP contribution in [0.2, 0.25) is 0 Å². The Balaban J connectivity index is 1.68. The molecule has 2 aromatic heterocycles. The number of nitrogens with one attached hydrogen (secondary N) is 1. The average Bonchev–Trinajstić information content (AvgIpc) is 2.54. The molecule has 1 aliphatic rings. The zero-order chi connectivity index (χ0) is 15.5. The largest absolute Gasteiger partial charge is 0.352 e. The van der Waals surface area contributed by atoms with Crippen molar-refractivity contribution in [2.24, 2.45) is 0 Å². The number of pyridine rings is 1. The van der Waals surface area contributed by atoms with Gasteiger partial charge >= 0.3 is 0 Å². The quantitative estimate of drug-likeness (QED) is 0.870. The van der Waals surface area contributed by atoms with Crippen LogP contribution in [-0.2, 0) is 0 Å². The predicted octanol–water partition coefficient (Wildman–Crippen LogP) is 0.436. The van der Waals surface area contributed by atoms with E-state index in [1.54, 1.807) is 36.5 Å². The van der Waals surface area contributed by atoms with Gasteiger partial charge in [0.1, 0.15) is 5.82 Å². The van der Waals surface area contributed by atoms with Crippen LogP contribution in [0.3, 0.4) is 0 Å². The van der Waals surface area contributed by atoms with E-state index < -0.39 is 0 Å². The van der Waals surface area contributed by atoms with Gasteiger partial charge < -0.3 is 14.8 Å². The molecule has 3 rings (SSSR count). The molecule has 7 heteroatoms. The average molecular weight is 299 g/mol. The Kier molecular flexibility index (Phi) is 3.86. The number of hydrogen-bond acceptors (Lipinski definition) is 5. The summed E-state index contributed by atoms with van der Waals surface area (Å²) >= 11 is 0. The number of anilines is 1. The molecule has 1 saturated heterocycles. The smallest absolute Gasteiger partial charge is 0.254 e. The second-order valence-electron chi connectivity index (χ2n) is 5.26. The first-order valence-electron chi connectivity index (χ1n) is 7.15. The lowest BCUT2D eigenvalue weighted by Gasteiger charge is -2.35. The zero-order valence-corrected chi connectivity index (χ0v) is 12.3. The highest BCUT2D eigenvalue weighted by atomic mass is 16.2. The molecule has 0 atom stereocenters. The topological polar surface area (TPSA) is 82.2 Å². The lowest BCUT2D eigenvalue weighted by molar-refractivity contribution is 0.0746. The molecule has 1 N–H and O–H groups in total. The molecule has 0 aromatic carbocycles. The fourth-order valence-corrected chi connectivity index (χ4v) is 2.58. The standard InChI is InChI=1S/C15H17N5O2/c1-11-8-12(9-14(21)18-11)15(22)20-6-4-19(5-7-20)13-10-16-2-3-17-13/h2-3,8-10H,4-7H2,1H3,(H,18,21). The van der Waals surface area contributed by atoms with E-state index in [2.05, 4.69) is 19.9 Å². The van der Waals surface area contributed by atoms with Crippen LogP contribution in [0, 0.1) is 6.92 Å². The van der Waals surface area contributed by atoms with Gasteiger partial charge in [0.15, 0.2) is 0 Å². The second kappa shape index (κ2) is 5.97. The van der Waals surface area contributed by atoms with Crippen LogP contribution in [-0.4, -0.2) is 51.9 Å². The zero-order valence-electron chi connectivity index (χ0n) is 12.3. The molecule has 0 bridgehead atoms. The third-order valence-corrected chi connectivity index (χ3v) is 3.67. The molecular weight excluding hydrogens is 282 g/mol. The first-order valence-corrected chi connectivity index (χ1v) is 7.15. The van der Waals surface area contributed by atoms with Gasteiger partial charge in [-0.1, -0.05) is 0 Å². The van der Waals surface area contributed by atoms with E-state index in [-0.39, 0.29) is 11.5 Å². The Bertz CT molecular complexity index is 720. The van der Waals surface area contributed by atoms with Crippen molar-refractivity contribution in [3.05, 3.63) is 52.3 Å². The highest BCUT2D eigenvalue weighted by Crippen LogP contribution is 2.13. The Morgan fingerprint density at radius 3 is 2.59 bits per heavy atom. The van der Waals surface area contributed by atoms with Gasteiger partial charge in [-0.25, -0.2) is 4.98 Å². The van der Waals surface area contributed by atoms with Crippen molar-refractivity contribution in [3.63, 3.8) is 0 Å². The number of rotatable bonds is 2. The molecule has 0 saturated carbocycles. The molecule has 0 unspecified atom stereocenters. The minimum Gasteiger partial charge on any atom is -0.352 e. The van der Waals surface area contributed by atoms with E-state index in [9.17, 15) is 9.59 Å². The molecule has 0 radical (unpaired) electrons.